The molecule has 34 heavy (non-hydrogen) atoms. The van der Waals surface area contributed by atoms with E-state index in [1.165, 1.54) is 12.1 Å². The van der Waals surface area contributed by atoms with Crippen LogP contribution in [0.25, 0.3) is 0 Å². The van der Waals surface area contributed by atoms with Crippen molar-refractivity contribution in [2.75, 3.05) is 13.7 Å². The maximum atomic E-state index is 12.4. The molecule has 0 amide bonds. The van der Waals surface area contributed by atoms with E-state index in [1.54, 1.807) is 13.0 Å². The molecule has 3 N–H and O–H groups in total. The number of hydrogen-bond donors (Lipinski definition) is 2. The van der Waals surface area contributed by atoms with E-state index in [9.17, 15) is 24.3 Å². The Labute approximate surface area is 199 Å². The van der Waals surface area contributed by atoms with E-state index in [2.05, 4.69) is 4.74 Å². The average molecular weight is 482 g/mol. The van der Waals surface area contributed by atoms with Gasteiger partial charge in [-0.15, -0.1) is 0 Å². The SMILES string of the molecule is COC(=O)OCC(C)C(c1ccc(OC(=O)CC(C)C)c(OC(=O)CC(C)C)c1)[C@H](N)C(=O)O. The van der Waals surface area contributed by atoms with E-state index in [0.29, 0.717) is 5.56 Å². The van der Waals surface area contributed by atoms with Crippen molar-refractivity contribution in [2.45, 2.75) is 59.4 Å². The highest BCUT2D eigenvalue weighted by atomic mass is 16.7. The van der Waals surface area contributed by atoms with Gasteiger partial charge in [0.25, 0.3) is 0 Å². The predicted octanol–water partition coefficient (Wildman–Crippen LogP) is 3.50. The van der Waals surface area contributed by atoms with Crippen LogP contribution in [0.3, 0.4) is 0 Å². The van der Waals surface area contributed by atoms with Crippen LogP contribution < -0.4 is 15.2 Å². The molecular weight excluding hydrogens is 446 g/mol. The molecule has 3 atom stereocenters. The lowest BCUT2D eigenvalue weighted by molar-refractivity contribution is -0.139. The molecule has 0 aliphatic rings. The number of carboxylic acid groups (broad SMARTS) is 1. The summed E-state index contributed by atoms with van der Waals surface area (Å²) in [6, 6.07) is 3.05. The number of carbonyl (C=O) groups is 4. The molecule has 0 aliphatic carbocycles. The average Bonchev–Trinajstić information content (AvgIpc) is 2.72. The normalized spacial score (nSPS) is 13.7. The summed E-state index contributed by atoms with van der Waals surface area (Å²) in [5.41, 5.74) is 6.37. The Morgan fingerprint density at radius 2 is 1.44 bits per heavy atom. The van der Waals surface area contributed by atoms with Crippen molar-refractivity contribution in [2.24, 2.45) is 23.5 Å². The number of ether oxygens (including phenoxy) is 4. The van der Waals surface area contributed by atoms with Crippen molar-refractivity contribution in [1.82, 2.24) is 0 Å². The minimum Gasteiger partial charge on any atom is -0.480 e. The highest BCUT2D eigenvalue weighted by Gasteiger charge is 2.33. The van der Waals surface area contributed by atoms with Gasteiger partial charge in [-0.05, 0) is 35.4 Å². The van der Waals surface area contributed by atoms with E-state index in [4.69, 9.17) is 19.9 Å². The molecule has 2 unspecified atom stereocenters. The van der Waals surface area contributed by atoms with Crippen LogP contribution in [0.4, 0.5) is 4.79 Å². The standard InChI is InChI=1S/C24H35NO9/c1-13(2)9-19(26)33-17-8-7-16(11-18(17)34-20(27)10-14(3)4)21(22(25)23(28)29)15(5)12-32-24(30)31-6/h7-8,11,13-15,21-22H,9-10,12,25H2,1-6H3,(H,28,29)/t15?,21?,22-/m0/s1. The maximum Gasteiger partial charge on any atom is 0.507 e. The van der Waals surface area contributed by atoms with Crippen molar-refractivity contribution in [1.29, 1.82) is 0 Å². The summed E-state index contributed by atoms with van der Waals surface area (Å²) in [6.07, 6.45) is -0.620. The van der Waals surface area contributed by atoms with Crippen LogP contribution in [0.2, 0.25) is 0 Å². The minimum atomic E-state index is -1.36. The molecule has 1 aromatic carbocycles. The summed E-state index contributed by atoms with van der Waals surface area (Å²) < 4.78 is 20.3. The fourth-order valence-electron chi connectivity index (χ4n) is 3.30. The zero-order chi connectivity index (χ0) is 26.0. The molecule has 0 spiro atoms. The number of carboxylic acids is 1. The van der Waals surface area contributed by atoms with Gasteiger partial charge < -0.3 is 29.8 Å². The highest BCUT2D eigenvalue weighted by molar-refractivity contribution is 5.77. The van der Waals surface area contributed by atoms with Crippen LogP contribution in [-0.4, -0.2) is 48.9 Å². The zero-order valence-corrected chi connectivity index (χ0v) is 20.5. The molecule has 10 heteroatoms. The summed E-state index contributed by atoms with van der Waals surface area (Å²) in [7, 11) is 1.16. The number of rotatable bonds is 12. The second-order valence-corrected chi connectivity index (χ2v) is 8.98. The first-order chi connectivity index (χ1) is 15.8. The van der Waals surface area contributed by atoms with Crippen LogP contribution in [-0.2, 0) is 23.9 Å². The fraction of sp³-hybridized carbons (Fsp3) is 0.583. The number of esters is 2. The largest absolute Gasteiger partial charge is 0.507 e. The lowest BCUT2D eigenvalue weighted by Gasteiger charge is -2.28. The Morgan fingerprint density at radius 3 is 1.91 bits per heavy atom. The minimum absolute atomic E-state index is 0.0241. The van der Waals surface area contributed by atoms with Gasteiger partial charge in [0.15, 0.2) is 11.5 Å². The molecule has 190 valence electrons. The first kappa shape index (κ1) is 28.9. The van der Waals surface area contributed by atoms with Crippen molar-refractivity contribution in [3.63, 3.8) is 0 Å². The Bertz CT molecular complexity index is 866. The van der Waals surface area contributed by atoms with E-state index < -0.39 is 41.9 Å². The number of methoxy groups -OCH3 is 1. The summed E-state index contributed by atoms with van der Waals surface area (Å²) in [4.78, 5) is 47.6. The smallest absolute Gasteiger partial charge is 0.480 e. The maximum absolute atomic E-state index is 12.4. The lowest BCUT2D eigenvalue weighted by atomic mass is 9.82. The highest BCUT2D eigenvalue weighted by Crippen LogP contribution is 2.36. The molecule has 0 saturated carbocycles. The van der Waals surface area contributed by atoms with Gasteiger partial charge in [-0.3, -0.25) is 14.4 Å². The Kier molecular flexibility index (Phi) is 11.5. The van der Waals surface area contributed by atoms with Crippen molar-refractivity contribution in [3.8, 4) is 11.5 Å². The molecule has 1 rings (SSSR count). The number of aliphatic carboxylic acids is 1. The molecule has 10 nitrogen and oxygen atoms in total. The molecule has 0 aromatic heterocycles. The van der Waals surface area contributed by atoms with Crippen LogP contribution in [0, 0.1) is 17.8 Å². The molecular formula is C24H35NO9. The van der Waals surface area contributed by atoms with Crippen molar-refractivity contribution >= 4 is 24.1 Å². The summed E-state index contributed by atoms with van der Waals surface area (Å²) >= 11 is 0. The molecule has 1 aromatic rings. The zero-order valence-electron chi connectivity index (χ0n) is 20.5. The molecule has 0 fully saturated rings. The molecule has 0 aliphatic heterocycles. The first-order valence-corrected chi connectivity index (χ1v) is 11.1. The topological polar surface area (TPSA) is 151 Å². The molecule has 0 radical (unpaired) electrons. The van der Waals surface area contributed by atoms with E-state index in [1.807, 2.05) is 27.7 Å². The van der Waals surface area contributed by atoms with Crippen LogP contribution in [0.15, 0.2) is 18.2 Å². The monoisotopic (exact) mass is 481 g/mol. The van der Waals surface area contributed by atoms with E-state index in [-0.39, 0.29) is 42.8 Å². The second-order valence-electron chi connectivity index (χ2n) is 8.98. The predicted molar refractivity (Wildman–Crippen MR) is 122 cm³/mol. The van der Waals surface area contributed by atoms with Gasteiger partial charge in [0.1, 0.15) is 6.04 Å². The van der Waals surface area contributed by atoms with E-state index in [0.717, 1.165) is 7.11 Å². The quantitative estimate of drug-likeness (QED) is 0.335. The third kappa shape index (κ3) is 9.38. The summed E-state index contributed by atoms with van der Waals surface area (Å²) in [6.45, 7) is 8.94. The van der Waals surface area contributed by atoms with Gasteiger partial charge in [0, 0.05) is 18.8 Å². The van der Waals surface area contributed by atoms with Crippen molar-refractivity contribution in [3.05, 3.63) is 23.8 Å². The number of carbonyl (C=O) groups excluding carboxylic acids is 3. The van der Waals surface area contributed by atoms with Crippen LogP contribution in [0.1, 0.15) is 58.9 Å². The summed E-state index contributed by atoms with van der Waals surface area (Å²) in [5, 5.41) is 9.55. The van der Waals surface area contributed by atoms with Crippen molar-refractivity contribution < 1.29 is 43.2 Å². The van der Waals surface area contributed by atoms with Gasteiger partial charge in [-0.25, -0.2) is 4.79 Å². The van der Waals surface area contributed by atoms with Gasteiger partial charge in [-0.1, -0.05) is 40.7 Å². The molecule has 0 bridgehead atoms. The summed E-state index contributed by atoms with van der Waals surface area (Å²) in [5.74, 6) is -3.56. The van der Waals surface area contributed by atoms with Crippen LogP contribution >= 0.6 is 0 Å². The Hall–Kier alpha value is -3.14. The van der Waals surface area contributed by atoms with Gasteiger partial charge in [0.2, 0.25) is 0 Å². The van der Waals surface area contributed by atoms with E-state index >= 15 is 0 Å². The second kappa shape index (κ2) is 13.5. The fourth-order valence-corrected chi connectivity index (χ4v) is 3.30. The molecule has 0 heterocycles. The lowest BCUT2D eigenvalue weighted by Crippen LogP contribution is -2.40. The van der Waals surface area contributed by atoms with Gasteiger partial charge in [0.05, 0.1) is 13.7 Å². The number of hydrogen-bond acceptors (Lipinski definition) is 9. The first-order valence-electron chi connectivity index (χ1n) is 11.1. The van der Waals surface area contributed by atoms with Gasteiger partial charge in [-0.2, -0.15) is 0 Å². The Balaban J connectivity index is 3.38. The van der Waals surface area contributed by atoms with Crippen LogP contribution in [0.5, 0.6) is 11.5 Å². The number of nitrogens with two attached hydrogens (primary N) is 1. The Morgan fingerprint density at radius 1 is 0.912 bits per heavy atom. The third-order valence-electron chi connectivity index (χ3n) is 4.87. The van der Waals surface area contributed by atoms with Gasteiger partial charge >= 0.3 is 24.1 Å². The third-order valence-corrected chi connectivity index (χ3v) is 4.87. The number of benzene rings is 1. The molecule has 0 saturated heterocycles.